The third kappa shape index (κ3) is 2.69. The Morgan fingerprint density at radius 3 is 2.82 bits per heavy atom. The molecule has 1 aromatic rings. The Labute approximate surface area is 109 Å². The van der Waals surface area contributed by atoms with Crippen molar-refractivity contribution in [2.75, 3.05) is 18.0 Å². The van der Waals surface area contributed by atoms with Crippen molar-refractivity contribution < 1.29 is 9.90 Å². The second-order valence-electron chi connectivity index (χ2n) is 4.23. The molecule has 3 nitrogen and oxygen atoms in total. The van der Waals surface area contributed by atoms with E-state index in [9.17, 15) is 4.79 Å². The van der Waals surface area contributed by atoms with E-state index >= 15 is 0 Å². The van der Waals surface area contributed by atoms with Crippen LogP contribution in [-0.4, -0.2) is 24.2 Å². The highest BCUT2D eigenvalue weighted by Crippen LogP contribution is 2.29. The summed E-state index contributed by atoms with van der Waals surface area (Å²) in [5, 5.41) is 8.91. The first-order chi connectivity index (χ1) is 8.08. The number of rotatable bonds is 2. The van der Waals surface area contributed by atoms with Crippen LogP contribution in [0.1, 0.15) is 23.7 Å². The molecule has 1 aromatic carbocycles. The smallest absolute Gasteiger partial charge is 0.335 e. The Balaban J connectivity index is 2.28. The van der Waals surface area contributed by atoms with Gasteiger partial charge in [-0.2, -0.15) is 0 Å². The predicted octanol–water partition coefficient (Wildman–Crippen LogP) is 3.30. The van der Waals surface area contributed by atoms with Crippen molar-refractivity contribution in [1.82, 2.24) is 0 Å². The molecule has 4 heteroatoms. The van der Waals surface area contributed by atoms with E-state index in [-0.39, 0.29) is 0 Å². The van der Waals surface area contributed by atoms with E-state index in [4.69, 9.17) is 5.11 Å². The topological polar surface area (TPSA) is 40.5 Å². The van der Waals surface area contributed by atoms with Gasteiger partial charge in [0.05, 0.1) is 11.3 Å². The Morgan fingerprint density at radius 1 is 1.47 bits per heavy atom. The maximum atomic E-state index is 10.8. The number of anilines is 1. The zero-order valence-electron chi connectivity index (χ0n) is 9.61. The molecular formula is C13H14BrNO2. The van der Waals surface area contributed by atoms with Gasteiger partial charge >= 0.3 is 5.97 Å². The minimum absolute atomic E-state index is 0.310. The Kier molecular flexibility index (Phi) is 3.52. The minimum Gasteiger partial charge on any atom is -0.478 e. The Morgan fingerprint density at radius 2 is 2.24 bits per heavy atom. The zero-order chi connectivity index (χ0) is 12.4. The molecule has 0 saturated heterocycles. The van der Waals surface area contributed by atoms with Crippen LogP contribution in [0.4, 0.5) is 5.69 Å². The molecule has 0 atom stereocenters. The average Bonchev–Trinajstić information content (AvgIpc) is 2.28. The third-order valence-electron chi connectivity index (χ3n) is 2.87. The normalized spacial score (nSPS) is 15.6. The molecule has 90 valence electrons. The van der Waals surface area contributed by atoms with Gasteiger partial charge < -0.3 is 10.0 Å². The third-order valence-corrected chi connectivity index (χ3v) is 3.50. The number of carbonyl (C=O) groups is 1. The number of carboxylic acid groups (broad SMARTS) is 1. The second kappa shape index (κ2) is 4.92. The number of halogens is 1. The maximum Gasteiger partial charge on any atom is 0.335 e. The van der Waals surface area contributed by atoms with Crippen LogP contribution in [0.15, 0.2) is 34.3 Å². The molecule has 1 N–H and O–H groups in total. The molecule has 0 unspecified atom stereocenters. The molecule has 0 aliphatic carbocycles. The molecule has 17 heavy (non-hydrogen) atoms. The predicted molar refractivity (Wildman–Crippen MR) is 71.7 cm³/mol. The average molecular weight is 296 g/mol. The first kappa shape index (κ1) is 12.2. The fraction of sp³-hybridized carbons (Fsp3) is 0.308. The number of aromatic carboxylic acids is 1. The lowest BCUT2D eigenvalue weighted by Crippen LogP contribution is -2.29. The van der Waals surface area contributed by atoms with Crippen molar-refractivity contribution in [2.24, 2.45) is 0 Å². The number of nitrogens with zero attached hydrogens (tertiary/aromatic N) is 1. The number of hydrogen-bond donors (Lipinski definition) is 1. The molecule has 1 aliphatic heterocycles. The first-order valence-corrected chi connectivity index (χ1v) is 6.30. The van der Waals surface area contributed by atoms with E-state index in [1.165, 1.54) is 5.57 Å². The van der Waals surface area contributed by atoms with Crippen LogP contribution in [0.2, 0.25) is 0 Å². The minimum atomic E-state index is -0.896. The highest BCUT2D eigenvalue weighted by Gasteiger charge is 2.14. The SMILES string of the molecule is CC1=CCCN(c2ccc(C(=O)O)cc2Br)C1. The summed E-state index contributed by atoms with van der Waals surface area (Å²) in [7, 11) is 0. The summed E-state index contributed by atoms with van der Waals surface area (Å²) in [5.74, 6) is -0.896. The number of hydrogen-bond acceptors (Lipinski definition) is 2. The monoisotopic (exact) mass is 295 g/mol. The fourth-order valence-corrected chi connectivity index (χ4v) is 2.64. The summed E-state index contributed by atoms with van der Waals surface area (Å²) in [6.07, 6.45) is 3.29. The molecule has 2 rings (SSSR count). The lowest BCUT2D eigenvalue weighted by atomic mass is 10.1. The maximum absolute atomic E-state index is 10.8. The molecule has 0 amide bonds. The summed E-state index contributed by atoms with van der Waals surface area (Å²) >= 11 is 3.45. The molecule has 1 heterocycles. The largest absolute Gasteiger partial charge is 0.478 e. The van der Waals surface area contributed by atoms with Crippen LogP contribution < -0.4 is 4.90 Å². The van der Waals surface area contributed by atoms with Crippen molar-refractivity contribution >= 4 is 27.6 Å². The standard InChI is InChI=1S/C13H14BrNO2/c1-9-3-2-6-15(8-9)12-5-4-10(13(16)17)7-11(12)14/h3-5,7H,2,6,8H2,1H3,(H,16,17). The van der Waals surface area contributed by atoms with E-state index in [1.54, 1.807) is 12.1 Å². The van der Waals surface area contributed by atoms with Gasteiger partial charge in [-0.25, -0.2) is 4.79 Å². The highest BCUT2D eigenvalue weighted by molar-refractivity contribution is 9.10. The van der Waals surface area contributed by atoms with Gasteiger partial charge in [0, 0.05) is 17.6 Å². The van der Waals surface area contributed by atoms with Gasteiger partial charge in [-0.3, -0.25) is 0 Å². The van der Waals surface area contributed by atoms with Gasteiger partial charge in [0.2, 0.25) is 0 Å². The fourth-order valence-electron chi connectivity index (χ4n) is 2.01. The molecule has 0 radical (unpaired) electrons. The van der Waals surface area contributed by atoms with Crippen LogP contribution in [0.25, 0.3) is 0 Å². The lowest BCUT2D eigenvalue weighted by Gasteiger charge is -2.29. The molecule has 0 fully saturated rings. The van der Waals surface area contributed by atoms with Crippen LogP contribution in [0, 0.1) is 0 Å². The second-order valence-corrected chi connectivity index (χ2v) is 5.09. The van der Waals surface area contributed by atoms with Crippen LogP contribution in [-0.2, 0) is 0 Å². The highest BCUT2D eigenvalue weighted by atomic mass is 79.9. The van der Waals surface area contributed by atoms with Crippen LogP contribution >= 0.6 is 15.9 Å². The van der Waals surface area contributed by atoms with E-state index < -0.39 is 5.97 Å². The van der Waals surface area contributed by atoms with Crippen LogP contribution in [0.3, 0.4) is 0 Å². The first-order valence-electron chi connectivity index (χ1n) is 5.51. The molecule has 0 saturated carbocycles. The molecule has 0 aromatic heterocycles. The van der Waals surface area contributed by atoms with Crippen molar-refractivity contribution in [3.63, 3.8) is 0 Å². The van der Waals surface area contributed by atoms with Crippen molar-refractivity contribution in [3.05, 3.63) is 39.9 Å². The van der Waals surface area contributed by atoms with Gasteiger partial charge in [0.1, 0.15) is 0 Å². The summed E-state index contributed by atoms with van der Waals surface area (Å²) in [6.45, 7) is 4.00. The quantitative estimate of drug-likeness (QED) is 0.851. The van der Waals surface area contributed by atoms with E-state index in [0.717, 1.165) is 29.7 Å². The zero-order valence-corrected chi connectivity index (χ0v) is 11.2. The van der Waals surface area contributed by atoms with Crippen LogP contribution in [0.5, 0.6) is 0 Å². The van der Waals surface area contributed by atoms with Gasteiger partial charge in [-0.05, 0) is 47.5 Å². The lowest BCUT2D eigenvalue weighted by molar-refractivity contribution is 0.0697. The molecular weight excluding hydrogens is 282 g/mol. The van der Waals surface area contributed by atoms with E-state index in [1.807, 2.05) is 6.07 Å². The summed E-state index contributed by atoms with van der Waals surface area (Å²) in [6, 6.07) is 5.17. The Hall–Kier alpha value is -1.29. The van der Waals surface area contributed by atoms with Gasteiger partial charge in [0.15, 0.2) is 0 Å². The summed E-state index contributed by atoms with van der Waals surface area (Å²) in [4.78, 5) is 13.1. The number of benzene rings is 1. The Bertz CT molecular complexity index is 482. The molecule has 0 spiro atoms. The van der Waals surface area contributed by atoms with Gasteiger partial charge in [-0.15, -0.1) is 0 Å². The molecule has 0 bridgehead atoms. The molecule has 1 aliphatic rings. The van der Waals surface area contributed by atoms with Crippen molar-refractivity contribution in [1.29, 1.82) is 0 Å². The summed E-state index contributed by atoms with van der Waals surface area (Å²) < 4.78 is 0.840. The van der Waals surface area contributed by atoms with Gasteiger partial charge in [-0.1, -0.05) is 11.6 Å². The van der Waals surface area contributed by atoms with Gasteiger partial charge in [0.25, 0.3) is 0 Å². The summed E-state index contributed by atoms with van der Waals surface area (Å²) in [5.41, 5.74) is 2.72. The number of carboxylic acids is 1. The van der Waals surface area contributed by atoms with E-state index in [2.05, 4.69) is 33.8 Å². The van der Waals surface area contributed by atoms with Crippen molar-refractivity contribution in [3.8, 4) is 0 Å². The van der Waals surface area contributed by atoms with Crippen molar-refractivity contribution in [2.45, 2.75) is 13.3 Å². The van der Waals surface area contributed by atoms with E-state index in [0.29, 0.717) is 5.56 Å².